The molecule has 0 saturated heterocycles. The summed E-state index contributed by atoms with van der Waals surface area (Å²) >= 11 is 0. The molecule has 1 aliphatic carbocycles. The van der Waals surface area contributed by atoms with Gasteiger partial charge in [-0.1, -0.05) is 24.2 Å². The first-order chi connectivity index (χ1) is 12.6. The Balaban J connectivity index is 1.53. The minimum absolute atomic E-state index is 0.0172. The van der Waals surface area contributed by atoms with Gasteiger partial charge in [-0.25, -0.2) is 0 Å². The molecule has 1 N–H and O–H groups in total. The highest BCUT2D eigenvalue weighted by Crippen LogP contribution is 2.34. The summed E-state index contributed by atoms with van der Waals surface area (Å²) in [5.41, 5.74) is 4.89. The molecule has 2 heterocycles. The minimum atomic E-state index is -0.0890. The van der Waals surface area contributed by atoms with Crippen LogP contribution < -0.4 is 5.32 Å². The fourth-order valence-electron chi connectivity index (χ4n) is 3.34. The van der Waals surface area contributed by atoms with E-state index in [0.29, 0.717) is 17.3 Å². The molecule has 1 aromatic carbocycles. The van der Waals surface area contributed by atoms with Crippen molar-refractivity contribution in [2.45, 2.75) is 39.2 Å². The molecule has 0 spiro atoms. The van der Waals surface area contributed by atoms with Gasteiger partial charge in [0.25, 0.3) is 5.91 Å². The lowest BCUT2D eigenvalue weighted by Gasteiger charge is -2.14. The summed E-state index contributed by atoms with van der Waals surface area (Å²) in [4.78, 5) is 21.0. The highest BCUT2D eigenvalue weighted by atomic mass is 16.5. The number of amides is 1. The Morgan fingerprint density at radius 3 is 2.96 bits per heavy atom. The van der Waals surface area contributed by atoms with E-state index < -0.39 is 0 Å². The van der Waals surface area contributed by atoms with Gasteiger partial charge in [0, 0.05) is 24.4 Å². The van der Waals surface area contributed by atoms with E-state index in [1.807, 2.05) is 26.0 Å². The standard InChI is InChI=1S/C20H20N4O2/c1-3-18-23-19(24-26-18)14-4-6-16-13(9-14)5-7-17(16)22-20(25)15-8-12(2)10-21-11-15/h4,6,8-11,17H,3,5,7H2,1-2H3,(H,22,25). The molecule has 4 rings (SSSR count). The number of benzene rings is 1. The van der Waals surface area contributed by atoms with Crippen LogP contribution in [0.15, 0.2) is 41.2 Å². The van der Waals surface area contributed by atoms with Crippen molar-refractivity contribution in [2.75, 3.05) is 0 Å². The highest BCUT2D eigenvalue weighted by molar-refractivity contribution is 5.94. The molecule has 0 radical (unpaired) electrons. The summed E-state index contributed by atoms with van der Waals surface area (Å²) in [5, 5.41) is 7.16. The molecule has 26 heavy (non-hydrogen) atoms. The number of hydrogen-bond donors (Lipinski definition) is 1. The van der Waals surface area contributed by atoms with Gasteiger partial charge in [0.05, 0.1) is 11.6 Å². The van der Waals surface area contributed by atoms with E-state index in [2.05, 4.69) is 32.6 Å². The second-order valence-corrected chi connectivity index (χ2v) is 6.59. The predicted molar refractivity (Wildman–Crippen MR) is 96.6 cm³/mol. The quantitative estimate of drug-likeness (QED) is 0.781. The zero-order chi connectivity index (χ0) is 18.1. The Morgan fingerprint density at radius 1 is 1.31 bits per heavy atom. The number of pyridine rings is 1. The van der Waals surface area contributed by atoms with Gasteiger partial charge in [0.2, 0.25) is 11.7 Å². The van der Waals surface area contributed by atoms with Crippen LogP contribution >= 0.6 is 0 Å². The number of carbonyl (C=O) groups is 1. The van der Waals surface area contributed by atoms with Gasteiger partial charge in [0.1, 0.15) is 0 Å². The summed E-state index contributed by atoms with van der Waals surface area (Å²) in [5.74, 6) is 1.16. The maximum atomic E-state index is 12.5. The number of rotatable bonds is 4. The molecule has 0 fully saturated rings. The van der Waals surface area contributed by atoms with Crippen LogP contribution in [-0.2, 0) is 12.8 Å². The lowest BCUT2D eigenvalue weighted by atomic mass is 10.0. The van der Waals surface area contributed by atoms with Crippen LogP contribution in [0.1, 0.15) is 52.3 Å². The molecule has 0 saturated carbocycles. The Bertz CT molecular complexity index is 964. The van der Waals surface area contributed by atoms with Crippen LogP contribution in [-0.4, -0.2) is 21.0 Å². The maximum Gasteiger partial charge on any atom is 0.253 e. The zero-order valence-electron chi connectivity index (χ0n) is 14.8. The van der Waals surface area contributed by atoms with Gasteiger partial charge in [-0.2, -0.15) is 4.98 Å². The molecule has 0 aliphatic heterocycles. The monoisotopic (exact) mass is 348 g/mol. The minimum Gasteiger partial charge on any atom is -0.345 e. The number of hydrogen-bond acceptors (Lipinski definition) is 5. The van der Waals surface area contributed by atoms with E-state index in [1.165, 1.54) is 5.56 Å². The van der Waals surface area contributed by atoms with Crippen molar-refractivity contribution in [3.8, 4) is 11.4 Å². The van der Waals surface area contributed by atoms with Crippen LogP contribution in [0.2, 0.25) is 0 Å². The number of nitrogens with one attached hydrogen (secondary N) is 1. The molecule has 0 bridgehead atoms. The average Bonchev–Trinajstić information content (AvgIpc) is 3.28. The third-order valence-corrected chi connectivity index (χ3v) is 4.69. The van der Waals surface area contributed by atoms with Gasteiger partial charge in [0.15, 0.2) is 0 Å². The largest absolute Gasteiger partial charge is 0.345 e. The predicted octanol–water partition coefficient (Wildman–Crippen LogP) is 3.42. The summed E-state index contributed by atoms with van der Waals surface area (Å²) in [6.07, 6.45) is 5.86. The number of aromatic nitrogens is 3. The van der Waals surface area contributed by atoms with E-state index in [4.69, 9.17) is 4.52 Å². The van der Waals surface area contributed by atoms with Crippen LogP contribution in [0.25, 0.3) is 11.4 Å². The van der Waals surface area contributed by atoms with Crippen molar-refractivity contribution in [3.63, 3.8) is 0 Å². The third-order valence-electron chi connectivity index (χ3n) is 4.69. The Hall–Kier alpha value is -3.02. The second-order valence-electron chi connectivity index (χ2n) is 6.59. The molecule has 6 heteroatoms. The zero-order valence-corrected chi connectivity index (χ0v) is 14.8. The summed E-state index contributed by atoms with van der Waals surface area (Å²) < 4.78 is 5.20. The molecule has 3 aromatic rings. The Kier molecular flexibility index (Phi) is 4.24. The number of aryl methyl sites for hydroxylation is 3. The fourth-order valence-corrected chi connectivity index (χ4v) is 3.34. The number of carbonyl (C=O) groups excluding carboxylic acids is 1. The fraction of sp³-hybridized carbons (Fsp3) is 0.300. The Morgan fingerprint density at radius 2 is 2.19 bits per heavy atom. The normalized spacial score (nSPS) is 15.7. The van der Waals surface area contributed by atoms with Crippen molar-refractivity contribution in [3.05, 3.63) is 64.8 Å². The third kappa shape index (κ3) is 3.10. The molecule has 1 aliphatic rings. The molecular formula is C20H20N4O2. The summed E-state index contributed by atoms with van der Waals surface area (Å²) in [6, 6.07) is 8.01. The molecule has 1 atom stereocenters. The number of nitrogens with zero attached hydrogens (tertiary/aromatic N) is 3. The summed E-state index contributed by atoms with van der Waals surface area (Å²) in [7, 11) is 0. The van der Waals surface area contributed by atoms with Crippen molar-refractivity contribution in [1.82, 2.24) is 20.4 Å². The molecule has 1 unspecified atom stereocenters. The maximum absolute atomic E-state index is 12.5. The van der Waals surface area contributed by atoms with E-state index in [-0.39, 0.29) is 11.9 Å². The van der Waals surface area contributed by atoms with Gasteiger partial charge in [-0.05, 0) is 48.6 Å². The molecule has 2 aromatic heterocycles. The van der Waals surface area contributed by atoms with Gasteiger partial charge in [-0.15, -0.1) is 0 Å². The topological polar surface area (TPSA) is 80.9 Å². The van der Waals surface area contributed by atoms with Crippen molar-refractivity contribution >= 4 is 5.91 Å². The number of fused-ring (bicyclic) bond motifs is 1. The van der Waals surface area contributed by atoms with Crippen molar-refractivity contribution < 1.29 is 9.32 Å². The van der Waals surface area contributed by atoms with Gasteiger partial charge < -0.3 is 9.84 Å². The highest BCUT2D eigenvalue weighted by Gasteiger charge is 2.25. The van der Waals surface area contributed by atoms with Crippen molar-refractivity contribution in [2.24, 2.45) is 0 Å². The lowest BCUT2D eigenvalue weighted by Crippen LogP contribution is -2.27. The van der Waals surface area contributed by atoms with Gasteiger partial charge in [-0.3, -0.25) is 9.78 Å². The van der Waals surface area contributed by atoms with E-state index >= 15 is 0 Å². The smallest absolute Gasteiger partial charge is 0.253 e. The first kappa shape index (κ1) is 16.4. The van der Waals surface area contributed by atoms with Gasteiger partial charge >= 0.3 is 0 Å². The van der Waals surface area contributed by atoms with Crippen molar-refractivity contribution in [1.29, 1.82) is 0 Å². The summed E-state index contributed by atoms with van der Waals surface area (Å²) in [6.45, 7) is 3.91. The molecule has 6 nitrogen and oxygen atoms in total. The van der Waals surface area contributed by atoms with Crippen LogP contribution in [0.5, 0.6) is 0 Å². The van der Waals surface area contributed by atoms with E-state index in [1.54, 1.807) is 12.4 Å². The SMILES string of the molecule is CCc1nc(-c2ccc3c(c2)CCC3NC(=O)c2cncc(C)c2)no1. The average molecular weight is 348 g/mol. The first-order valence-corrected chi connectivity index (χ1v) is 8.82. The molecule has 132 valence electrons. The van der Waals surface area contributed by atoms with E-state index in [9.17, 15) is 4.79 Å². The first-order valence-electron chi connectivity index (χ1n) is 8.82. The lowest BCUT2D eigenvalue weighted by molar-refractivity contribution is 0.0936. The van der Waals surface area contributed by atoms with E-state index in [0.717, 1.165) is 36.0 Å². The van der Waals surface area contributed by atoms with Crippen LogP contribution in [0.4, 0.5) is 0 Å². The Labute approximate surface area is 151 Å². The van der Waals surface area contributed by atoms with Crippen LogP contribution in [0, 0.1) is 6.92 Å². The molecule has 1 amide bonds. The molecular weight excluding hydrogens is 328 g/mol. The second kappa shape index (κ2) is 6.71. The van der Waals surface area contributed by atoms with Crippen LogP contribution in [0.3, 0.4) is 0 Å².